The van der Waals surface area contributed by atoms with Gasteiger partial charge >= 0.3 is 0 Å². The largest absolute Gasteiger partial charge is 0.497 e. The molecule has 0 fully saturated rings. The van der Waals surface area contributed by atoms with Gasteiger partial charge in [-0.1, -0.05) is 19.4 Å². The SMILES string of the molecule is CCCC(C)n1c(-c2ccco2)csc1=Nc1cccc(OC)c1. The minimum absolute atomic E-state index is 0.353. The first kappa shape index (κ1) is 16.6. The van der Waals surface area contributed by atoms with Crippen molar-refractivity contribution < 1.29 is 9.15 Å². The zero-order valence-corrected chi connectivity index (χ0v) is 15.0. The Morgan fingerprint density at radius 1 is 1.29 bits per heavy atom. The summed E-state index contributed by atoms with van der Waals surface area (Å²) in [7, 11) is 1.67. The van der Waals surface area contributed by atoms with Crippen LogP contribution in [0.3, 0.4) is 0 Å². The Morgan fingerprint density at radius 2 is 2.17 bits per heavy atom. The second kappa shape index (κ2) is 7.53. The molecule has 4 nitrogen and oxygen atoms in total. The normalized spacial score (nSPS) is 13.2. The molecule has 0 spiro atoms. The third kappa shape index (κ3) is 3.46. The molecule has 0 saturated heterocycles. The molecule has 1 aromatic carbocycles. The summed E-state index contributed by atoms with van der Waals surface area (Å²) < 4.78 is 13.2. The molecule has 0 saturated carbocycles. The number of methoxy groups -OCH3 is 1. The van der Waals surface area contributed by atoms with Gasteiger partial charge in [-0.2, -0.15) is 0 Å². The quantitative estimate of drug-likeness (QED) is 0.601. The van der Waals surface area contributed by atoms with Crippen molar-refractivity contribution in [1.82, 2.24) is 4.57 Å². The van der Waals surface area contributed by atoms with E-state index in [0.717, 1.165) is 40.5 Å². The van der Waals surface area contributed by atoms with Crippen LogP contribution in [0, 0.1) is 0 Å². The van der Waals surface area contributed by atoms with Crippen LogP contribution in [0.4, 0.5) is 5.69 Å². The maximum atomic E-state index is 5.61. The lowest BCUT2D eigenvalue weighted by Gasteiger charge is -2.15. The van der Waals surface area contributed by atoms with Crippen LogP contribution in [0.2, 0.25) is 0 Å². The van der Waals surface area contributed by atoms with Crippen LogP contribution in [0.25, 0.3) is 11.5 Å². The van der Waals surface area contributed by atoms with Gasteiger partial charge in [-0.05, 0) is 37.6 Å². The molecule has 3 aromatic rings. The van der Waals surface area contributed by atoms with E-state index in [4.69, 9.17) is 14.1 Å². The zero-order chi connectivity index (χ0) is 16.9. The predicted molar refractivity (Wildman–Crippen MR) is 97.8 cm³/mol. The van der Waals surface area contributed by atoms with Gasteiger partial charge < -0.3 is 13.7 Å². The smallest absolute Gasteiger partial charge is 0.190 e. The van der Waals surface area contributed by atoms with E-state index in [9.17, 15) is 0 Å². The second-order valence-electron chi connectivity index (χ2n) is 5.70. The maximum absolute atomic E-state index is 5.61. The first-order valence-electron chi connectivity index (χ1n) is 8.15. The van der Waals surface area contributed by atoms with Gasteiger partial charge in [0.05, 0.1) is 24.8 Å². The van der Waals surface area contributed by atoms with Crippen molar-refractivity contribution in [3.05, 3.63) is 52.8 Å². The highest BCUT2D eigenvalue weighted by atomic mass is 32.1. The van der Waals surface area contributed by atoms with E-state index in [-0.39, 0.29) is 0 Å². The van der Waals surface area contributed by atoms with E-state index in [2.05, 4.69) is 23.8 Å². The van der Waals surface area contributed by atoms with E-state index in [0.29, 0.717) is 6.04 Å². The lowest BCUT2D eigenvalue weighted by atomic mass is 10.2. The molecule has 5 heteroatoms. The molecule has 0 aliphatic carbocycles. The number of hydrogen-bond acceptors (Lipinski definition) is 4. The van der Waals surface area contributed by atoms with Crippen LogP contribution in [0.5, 0.6) is 5.75 Å². The van der Waals surface area contributed by atoms with Gasteiger partial charge in [-0.15, -0.1) is 11.3 Å². The Balaban J connectivity index is 2.11. The van der Waals surface area contributed by atoms with Gasteiger partial charge in [0.2, 0.25) is 0 Å². The topological polar surface area (TPSA) is 39.7 Å². The number of nitrogens with zero attached hydrogens (tertiary/aromatic N) is 2. The van der Waals surface area contributed by atoms with Crippen molar-refractivity contribution in [3.63, 3.8) is 0 Å². The summed E-state index contributed by atoms with van der Waals surface area (Å²) in [6.07, 6.45) is 3.93. The molecule has 0 N–H and O–H groups in total. The Bertz CT molecular complexity index is 846. The second-order valence-corrected chi connectivity index (χ2v) is 6.54. The number of aromatic nitrogens is 1. The molecule has 0 aliphatic rings. The number of thiazole rings is 1. The Morgan fingerprint density at radius 3 is 2.88 bits per heavy atom. The fourth-order valence-electron chi connectivity index (χ4n) is 2.77. The zero-order valence-electron chi connectivity index (χ0n) is 14.2. The van der Waals surface area contributed by atoms with Gasteiger partial charge in [0.1, 0.15) is 5.75 Å². The molecule has 1 unspecified atom stereocenters. The minimum Gasteiger partial charge on any atom is -0.497 e. The molecule has 1 atom stereocenters. The van der Waals surface area contributed by atoms with Crippen molar-refractivity contribution in [1.29, 1.82) is 0 Å². The number of hydrogen-bond donors (Lipinski definition) is 0. The van der Waals surface area contributed by atoms with Crippen LogP contribution in [-0.2, 0) is 0 Å². The molecular formula is C19H22N2O2S. The lowest BCUT2D eigenvalue weighted by Crippen LogP contribution is -2.19. The molecule has 0 aliphatic heterocycles. The lowest BCUT2D eigenvalue weighted by molar-refractivity contribution is 0.415. The van der Waals surface area contributed by atoms with Crippen LogP contribution < -0.4 is 9.54 Å². The number of ether oxygens (including phenoxy) is 1. The summed E-state index contributed by atoms with van der Waals surface area (Å²) in [6.45, 7) is 4.43. The van der Waals surface area contributed by atoms with Gasteiger partial charge in [0.15, 0.2) is 10.6 Å². The molecule has 2 aromatic heterocycles. The predicted octanol–water partition coefficient (Wildman–Crippen LogP) is 5.41. The average molecular weight is 342 g/mol. The first-order valence-corrected chi connectivity index (χ1v) is 9.03. The molecule has 0 amide bonds. The molecule has 24 heavy (non-hydrogen) atoms. The summed E-state index contributed by atoms with van der Waals surface area (Å²) in [5.74, 6) is 1.69. The molecule has 0 bridgehead atoms. The number of rotatable bonds is 6. The Kier molecular flexibility index (Phi) is 5.20. The van der Waals surface area contributed by atoms with Gasteiger partial charge in [0, 0.05) is 17.5 Å². The van der Waals surface area contributed by atoms with Crippen LogP contribution in [0.1, 0.15) is 32.7 Å². The van der Waals surface area contributed by atoms with Crippen LogP contribution in [0.15, 0.2) is 57.5 Å². The third-order valence-electron chi connectivity index (χ3n) is 3.94. The summed E-state index contributed by atoms with van der Waals surface area (Å²) >= 11 is 1.63. The summed E-state index contributed by atoms with van der Waals surface area (Å²) in [6, 6.07) is 12.1. The molecule has 3 rings (SSSR count). The van der Waals surface area contributed by atoms with Gasteiger partial charge in [-0.25, -0.2) is 4.99 Å². The van der Waals surface area contributed by atoms with Crippen LogP contribution in [-0.4, -0.2) is 11.7 Å². The van der Waals surface area contributed by atoms with E-state index in [1.54, 1.807) is 24.7 Å². The molecule has 0 radical (unpaired) electrons. The van der Waals surface area contributed by atoms with Crippen molar-refractivity contribution in [2.75, 3.05) is 7.11 Å². The van der Waals surface area contributed by atoms with Crippen molar-refractivity contribution in [2.45, 2.75) is 32.7 Å². The van der Waals surface area contributed by atoms with E-state index < -0.39 is 0 Å². The van der Waals surface area contributed by atoms with Crippen molar-refractivity contribution in [2.24, 2.45) is 4.99 Å². The number of furan rings is 1. The highest BCUT2D eigenvalue weighted by molar-refractivity contribution is 7.07. The molecule has 126 valence electrons. The fourth-order valence-corrected chi connectivity index (χ4v) is 3.77. The summed E-state index contributed by atoms with van der Waals surface area (Å²) in [5.41, 5.74) is 1.97. The van der Waals surface area contributed by atoms with E-state index in [1.165, 1.54) is 0 Å². The minimum atomic E-state index is 0.353. The number of benzene rings is 1. The third-order valence-corrected chi connectivity index (χ3v) is 4.78. The van der Waals surface area contributed by atoms with Crippen LogP contribution >= 0.6 is 11.3 Å². The summed E-state index contributed by atoms with van der Waals surface area (Å²) in [5, 5.41) is 2.12. The Hall–Kier alpha value is -2.27. The van der Waals surface area contributed by atoms with Gasteiger partial charge in [-0.3, -0.25) is 0 Å². The monoisotopic (exact) mass is 342 g/mol. The fraction of sp³-hybridized carbons (Fsp3) is 0.316. The molecule has 2 heterocycles. The average Bonchev–Trinajstić information content (AvgIpc) is 3.24. The maximum Gasteiger partial charge on any atom is 0.190 e. The summed E-state index contributed by atoms with van der Waals surface area (Å²) in [4.78, 5) is 5.81. The highest BCUT2D eigenvalue weighted by Crippen LogP contribution is 2.26. The standard InChI is InChI=1S/C19H22N2O2S/c1-4-7-14(2)21-17(18-10-6-11-23-18)13-24-19(21)20-15-8-5-9-16(12-15)22-3/h5-6,8-14H,4,7H2,1-3H3. The van der Waals surface area contributed by atoms with Gasteiger partial charge in [0.25, 0.3) is 0 Å². The highest BCUT2D eigenvalue weighted by Gasteiger charge is 2.15. The molecular weight excluding hydrogens is 320 g/mol. The van der Waals surface area contributed by atoms with Crippen molar-refractivity contribution in [3.8, 4) is 17.2 Å². The van der Waals surface area contributed by atoms with Crippen molar-refractivity contribution >= 4 is 17.0 Å². The Labute approximate surface area is 146 Å². The van der Waals surface area contributed by atoms with E-state index in [1.807, 2.05) is 36.4 Å². The first-order chi connectivity index (χ1) is 11.7. The van der Waals surface area contributed by atoms with E-state index >= 15 is 0 Å².